The normalized spacial score (nSPS) is 10.8. The number of aromatic nitrogens is 3. The van der Waals surface area contributed by atoms with Gasteiger partial charge in [-0.3, -0.25) is 4.79 Å². The molecule has 5 nitrogen and oxygen atoms in total. The Morgan fingerprint density at radius 3 is 2.43 bits per heavy atom. The lowest BCUT2D eigenvalue weighted by Crippen LogP contribution is -2.14. The molecule has 0 fully saturated rings. The molecule has 4 rings (SSSR count). The lowest BCUT2D eigenvalue weighted by Gasteiger charge is -2.08. The van der Waals surface area contributed by atoms with Crippen LogP contribution in [-0.4, -0.2) is 20.7 Å². The summed E-state index contributed by atoms with van der Waals surface area (Å²) in [6, 6.07) is 20.3. The van der Waals surface area contributed by atoms with E-state index in [1.165, 1.54) is 0 Å². The summed E-state index contributed by atoms with van der Waals surface area (Å²) in [4.78, 5) is 17.3. The van der Waals surface area contributed by atoms with Crippen LogP contribution in [0, 0.1) is 13.8 Å². The summed E-state index contributed by atoms with van der Waals surface area (Å²) in [6.07, 6.45) is 0. The predicted octanol–water partition coefficient (Wildman–Crippen LogP) is 6.11. The van der Waals surface area contributed by atoms with E-state index in [4.69, 9.17) is 23.2 Å². The maximum atomic E-state index is 12.8. The minimum atomic E-state index is -0.404. The minimum Gasteiger partial charge on any atom is -0.319 e. The Morgan fingerprint density at radius 1 is 0.967 bits per heavy atom. The van der Waals surface area contributed by atoms with Crippen LogP contribution in [0.2, 0.25) is 10.0 Å². The van der Waals surface area contributed by atoms with Crippen LogP contribution in [0.1, 0.15) is 21.7 Å². The Labute approximate surface area is 184 Å². The van der Waals surface area contributed by atoms with Gasteiger partial charge in [0.25, 0.3) is 5.91 Å². The molecule has 7 heteroatoms. The third-order valence-corrected chi connectivity index (χ3v) is 5.24. The fraction of sp³-hybridized carbons (Fsp3) is 0.0870. The second kappa shape index (κ2) is 8.30. The monoisotopic (exact) mass is 436 g/mol. The van der Waals surface area contributed by atoms with Crippen LogP contribution < -0.4 is 5.32 Å². The molecule has 1 heterocycles. The van der Waals surface area contributed by atoms with Crippen LogP contribution in [0.3, 0.4) is 0 Å². The van der Waals surface area contributed by atoms with Gasteiger partial charge in [-0.15, -0.1) is 5.10 Å². The van der Waals surface area contributed by atoms with Gasteiger partial charge in [-0.1, -0.05) is 59.1 Å². The van der Waals surface area contributed by atoms with Gasteiger partial charge in [0.1, 0.15) is 0 Å². The Kier molecular flexibility index (Phi) is 5.57. The molecule has 0 spiro atoms. The molecular formula is C23H18Cl2N4O. The van der Waals surface area contributed by atoms with Gasteiger partial charge in [0, 0.05) is 21.3 Å². The van der Waals surface area contributed by atoms with Crippen LogP contribution >= 0.6 is 23.2 Å². The molecule has 30 heavy (non-hydrogen) atoms. The summed E-state index contributed by atoms with van der Waals surface area (Å²) < 4.78 is 1.60. The SMILES string of the molecule is Cc1ccc(NC(=O)c2nc(-c3cccc(Cl)c3)n(-c3ccc(C)c(Cl)c3)n2)cc1. The average molecular weight is 437 g/mol. The van der Waals surface area contributed by atoms with Crippen LogP contribution in [-0.2, 0) is 0 Å². The molecule has 1 amide bonds. The van der Waals surface area contributed by atoms with Gasteiger partial charge in [-0.2, -0.15) is 0 Å². The summed E-state index contributed by atoms with van der Waals surface area (Å²) in [5.41, 5.74) is 4.16. The predicted molar refractivity (Wildman–Crippen MR) is 121 cm³/mol. The van der Waals surface area contributed by atoms with Crippen LogP contribution in [0.5, 0.6) is 0 Å². The number of aryl methyl sites for hydroxylation is 2. The molecule has 3 aromatic carbocycles. The quantitative estimate of drug-likeness (QED) is 0.419. The standard InChI is InChI=1S/C23H18Cl2N4O/c1-14-6-9-18(10-7-14)26-23(30)21-27-22(16-4-3-5-17(24)12-16)29(28-21)19-11-8-15(2)20(25)13-19/h3-13H,1-2H3,(H,26,30). The Balaban J connectivity index is 1.77. The number of carbonyl (C=O) groups excluding carboxylic acids is 1. The molecule has 1 aromatic heterocycles. The highest BCUT2D eigenvalue weighted by Gasteiger charge is 2.19. The van der Waals surface area contributed by atoms with Crippen molar-refractivity contribution in [3.63, 3.8) is 0 Å². The molecule has 0 saturated carbocycles. The highest BCUT2D eigenvalue weighted by molar-refractivity contribution is 6.31. The summed E-state index contributed by atoms with van der Waals surface area (Å²) in [5, 5.41) is 8.46. The van der Waals surface area contributed by atoms with Gasteiger partial charge in [-0.05, 0) is 55.8 Å². The Bertz CT molecular complexity index is 1230. The van der Waals surface area contributed by atoms with Crippen molar-refractivity contribution in [3.8, 4) is 17.1 Å². The fourth-order valence-electron chi connectivity index (χ4n) is 2.94. The number of nitrogens with zero attached hydrogens (tertiary/aromatic N) is 3. The first-order chi connectivity index (χ1) is 14.4. The molecule has 0 aliphatic heterocycles. The summed E-state index contributed by atoms with van der Waals surface area (Å²) in [5.74, 6) is 0.132. The van der Waals surface area contributed by atoms with Crippen molar-refractivity contribution in [2.45, 2.75) is 13.8 Å². The summed E-state index contributed by atoms with van der Waals surface area (Å²) in [7, 11) is 0. The van der Waals surface area contributed by atoms with Crippen LogP contribution in [0.15, 0.2) is 66.7 Å². The van der Waals surface area contributed by atoms with Gasteiger partial charge in [-0.25, -0.2) is 9.67 Å². The number of benzene rings is 3. The van der Waals surface area contributed by atoms with E-state index in [1.54, 1.807) is 22.9 Å². The molecule has 0 bridgehead atoms. The van der Waals surface area contributed by atoms with E-state index in [1.807, 2.05) is 62.4 Å². The molecule has 0 aliphatic rings. The number of halogens is 2. The minimum absolute atomic E-state index is 0.0437. The highest BCUT2D eigenvalue weighted by atomic mass is 35.5. The highest BCUT2D eigenvalue weighted by Crippen LogP contribution is 2.26. The Morgan fingerprint density at radius 2 is 1.73 bits per heavy atom. The maximum Gasteiger partial charge on any atom is 0.295 e. The molecule has 0 atom stereocenters. The number of anilines is 1. The number of rotatable bonds is 4. The van der Waals surface area contributed by atoms with E-state index >= 15 is 0 Å². The van der Waals surface area contributed by atoms with Crippen molar-refractivity contribution >= 4 is 34.8 Å². The zero-order chi connectivity index (χ0) is 21.3. The van der Waals surface area contributed by atoms with Crippen molar-refractivity contribution in [3.05, 3.63) is 93.7 Å². The summed E-state index contributed by atoms with van der Waals surface area (Å²) in [6.45, 7) is 3.91. The first kappa shape index (κ1) is 20.1. The van der Waals surface area contributed by atoms with Gasteiger partial charge in [0.05, 0.1) is 5.69 Å². The first-order valence-electron chi connectivity index (χ1n) is 9.28. The van der Waals surface area contributed by atoms with E-state index in [2.05, 4.69) is 15.4 Å². The van der Waals surface area contributed by atoms with E-state index in [0.717, 1.165) is 16.7 Å². The van der Waals surface area contributed by atoms with E-state index in [0.29, 0.717) is 27.2 Å². The average Bonchev–Trinajstić information content (AvgIpc) is 3.17. The number of carbonyl (C=O) groups is 1. The topological polar surface area (TPSA) is 59.8 Å². The van der Waals surface area contributed by atoms with Crippen molar-refractivity contribution in [1.82, 2.24) is 14.8 Å². The van der Waals surface area contributed by atoms with Gasteiger partial charge in [0.15, 0.2) is 5.82 Å². The zero-order valence-electron chi connectivity index (χ0n) is 16.4. The van der Waals surface area contributed by atoms with Gasteiger partial charge >= 0.3 is 0 Å². The van der Waals surface area contributed by atoms with Crippen molar-refractivity contribution < 1.29 is 4.79 Å². The van der Waals surface area contributed by atoms with Crippen LogP contribution in [0.25, 0.3) is 17.1 Å². The largest absolute Gasteiger partial charge is 0.319 e. The number of hydrogen-bond acceptors (Lipinski definition) is 3. The summed E-state index contributed by atoms with van der Waals surface area (Å²) >= 11 is 12.5. The number of amides is 1. The smallest absolute Gasteiger partial charge is 0.295 e. The molecule has 4 aromatic rings. The third kappa shape index (κ3) is 4.22. The van der Waals surface area contributed by atoms with Crippen molar-refractivity contribution in [2.24, 2.45) is 0 Å². The molecule has 150 valence electrons. The number of hydrogen-bond donors (Lipinski definition) is 1. The maximum absolute atomic E-state index is 12.8. The van der Waals surface area contributed by atoms with Crippen LogP contribution in [0.4, 0.5) is 5.69 Å². The first-order valence-corrected chi connectivity index (χ1v) is 10.0. The molecule has 0 aliphatic carbocycles. The van der Waals surface area contributed by atoms with E-state index < -0.39 is 5.91 Å². The second-order valence-electron chi connectivity index (χ2n) is 6.93. The molecule has 1 N–H and O–H groups in total. The lowest BCUT2D eigenvalue weighted by atomic mass is 10.2. The lowest BCUT2D eigenvalue weighted by molar-refractivity contribution is 0.101. The van der Waals surface area contributed by atoms with E-state index in [9.17, 15) is 4.79 Å². The Hall–Kier alpha value is -3.15. The fourth-order valence-corrected chi connectivity index (χ4v) is 3.31. The van der Waals surface area contributed by atoms with Gasteiger partial charge in [0.2, 0.25) is 5.82 Å². The molecule has 0 saturated heterocycles. The van der Waals surface area contributed by atoms with Crippen molar-refractivity contribution in [2.75, 3.05) is 5.32 Å². The van der Waals surface area contributed by atoms with E-state index in [-0.39, 0.29) is 5.82 Å². The van der Waals surface area contributed by atoms with Gasteiger partial charge < -0.3 is 5.32 Å². The molecule has 0 radical (unpaired) electrons. The third-order valence-electron chi connectivity index (χ3n) is 4.60. The zero-order valence-corrected chi connectivity index (χ0v) is 17.9. The molecule has 0 unspecified atom stereocenters. The molecular weight excluding hydrogens is 419 g/mol. The second-order valence-corrected chi connectivity index (χ2v) is 7.78. The van der Waals surface area contributed by atoms with Crippen molar-refractivity contribution in [1.29, 1.82) is 0 Å². The number of nitrogens with one attached hydrogen (secondary N) is 1.